The van der Waals surface area contributed by atoms with Crippen molar-refractivity contribution in [3.63, 3.8) is 0 Å². The fourth-order valence-corrected chi connectivity index (χ4v) is 2.84. The average Bonchev–Trinajstić information content (AvgIpc) is 2.83. The van der Waals surface area contributed by atoms with Crippen molar-refractivity contribution in [2.24, 2.45) is 5.84 Å². The SMILES string of the molecule is Cc1ncsc1CN(C)Cc1cccc(C(=O)NN)c1. The molecule has 20 heavy (non-hydrogen) atoms. The molecule has 0 spiro atoms. The Morgan fingerprint density at radius 1 is 1.45 bits per heavy atom. The monoisotopic (exact) mass is 290 g/mol. The van der Waals surface area contributed by atoms with Crippen molar-refractivity contribution in [1.82, 2.24) is 15.3 Å². The van der Waals surface area contributed by atoms with Gasteiger partial charge in [0.15, 0.2) is 0 Å². The quantitative estimate of drug-likeness (QED) is 0.499. The summed E-state index contributed by atoms with van der Waals surface area (Å²) in [6, 6.07) is 7.48. The Kier molecular flexibility index (Phi) is 4.84. The van der Waals surface area contributed by atoms with Gasteiger partial charge in [-0.3, -0.25) is 15.1 Å². The number of nitrogen functional groups attached to an aromatic ring is 1. The van der Waals surface area contributed by atoms with Gasteiger partial charge in [-0.05, 0) is 31.7 Å². The molecule has 0 atom stereocenters. The zero-order valence-corrected chi connectivity index (χ0v) is 12.4. The smallest absolute Gasteiger partial charge is 0.265 e. The van der Waals surface area contributed by atoms with Crippen molar-refractivity contribution in [1.29, 1.82) is 0 Å². The van der Waals surface area contributed by atoms with Crippen LogP contribution < -0.4 is 11.3 Å². The van der Waals surface area contributed by atoms with E-state index >= 15 is 0 Å². The average molecular weight is 290 g/mol. The molecule has 3 N–H and O–H groups in total. The van der Waals surface area contributed by atoms with Crippen LogP contribution in [0.2, 0.25) is 0 Å². The molecule has 0 bridgehead atoms. The van der Waals surface area contributed by atoms with E-state index in [1.165, 1.54) is 4.88 Å². The molecule has 0 fully saturated rings. The molecule has 0 radical (unpaired) electrons. The summed E-state index contributed by atoms with van der Waals surface area (Å²) in [5.74, 6) is 4.88. The highest BCUT2D eigenvalue weighted by Crippen LogP contribution is 2.16. The molecule has 1 heterocycles. The molecular weight excluding hydrogens is 272 g/mol. The summed E-state index contributed by atoms with van der Waals surface area (Å²) in [6.45, 7) is 3.64. The fraction of sp³-hybridized carbons (Fsp3) is 0.286. The number of nitrogens with two attached hydrogens (primary N) is 1. The van der Waals surface area contributed by atoms with E-state index in [-0.39, 0.29) is 5.91 Å². The van der Waals surface area contributed by atoms with Gasteiger partial charge in [-0.15, -0.1) is 11.3 Å². The number of hydrogen-bond acceptors (Lipinski definition) is 5. The molecule has 0 saturated carbocycles. The van der Waals surface area contributed by atoms with Gasteiger partial charge in [0.25, 0.3) is 5.91 Å². The van der Waals surface area contributed by atoms with Crippen molar-refractivity contribution < 1.29 is 4.79 Å². The maximum absolute atomic E-state index is 11.5. The van der Waals surface area contributed by atoms with Gasteiger partial charge in [0.1, 0.15) is 0 Å². The van der Waals surface area contributed by atoms with Gasteiger partial charge < -0.3 is 0 Å². The number of hydrogen-bond donors (Lipinski definition) is 2. The molecule has 2 aromatic rings. The minimum absolute atomic E-state index is 0.271. The summed E-state index contributed by atoms with van der Waals surface area (Å²) in [5.41, 5.74) is 6.75. The Morgan fingerprint density at radius 3 is 2.90 bits per heavy atom. The van der Waals surface area contributed by atoms with E-state index in [0.29, 0.717) is 5.56 Å². The molecule has 0 aliphatic heterocycles. The number of carbonyl (C=O) groups is 1. The molecule has 1 aromatic carbocycles. The minimum atomic E-state index is -0.271. The lowest BCUT2D eigenvalue weighted by Crippen LogP contribution is -2.30. The molecule has 106 valence electrons. The fourth-order valence-electron chi connectivity index (χ4n) is 1.98. The van der Waals surface area contributed by atoms with E-state index in [4.69, 9.17) is 5.84 Å². The van der Waals surface area contributed by atoms with E-state index in [0.717, 1.165) is 24.3 Å². The second-order valence-corrected chi connectivity index (χ2v) is 5.65. The van der Waals surface area contributed by atoms with Crippen LogP contribution in [0.3, 0.4) is 0 Å². The minimum Gasteiger partial charge on any atom is -0.297 e. The highest BCUT2D eigenvalue weighted by Gasteiger charge is 2.08. The first-order valence-electron chi connectivity index (χ1n) is 6.27. The summed E-state index contributed by atoms with van der Waals surface area (Å²) >= 11 is 1.67. The number of benzene rings is 1. The van der Waals surface area contributed by atoms with Gasteiger partial charge >= 0.3 is 0 Å². The van der Waals surface area contributed by atoms with Crippen molar-refractivity contribution >= 4 is 17.2 Å². The number of hydrazine groups is 1. The number of amides is 1. The predicted molar refractivity (Wildman–Crippen MR) is 80.1 cm³/mol. The van der Waals surface area contributed by atoms with Crippen LogP contribution in [-0.2, 0) is 13.1 Å². The summed E-state index contributed by atoms with van der Waals surface area (Å²) < 4.78 is 0. The molecule has 1 amide bonds. The lowest BCUT2D eigenvalue weighted by atomic mass is 10.1. The summed E-state index contributed by atoms with van der Waals surface area (Å²) in [5, 5.41) is 0. The van der Waals surface area contributed by atoms with Crippen LogP contribution in [-0.4, -0.2) is 22.8 Å². The van der Waals surface area contributed by atoms with E-state index in [2.05, 4.69) is 22.4 Å². The second-order valence-electron chi connectivity index (χ2n) is 4.71. The molecule has 0 aliphatic rings. The highest BCUT2D eigenvalue weighted by molar-refractivity contribution is 7.09. The Hall–Kier alpha value is -1.76. The Bertz CT molecular complexity index is 596. The van der Waals surface area contributed by atoms with Crippen molar-refractivity contribution in [3.8, 4) is 0 Å². The number of rotatable bonds is 5. The van der Waals surface area contributed by atoms with Gasteiger partial charge in [-0.1, -0.05) is 12.1 Å². The largest absolute Gasteiger partial charge is 0.297 e. The van der Waals surface area contributed by atoms with Crippen LogP contribution in [0.15, 0.2) is 29.8 Å². The number of nitrogens with one attached hydrogen (secondary N) is 1. The Labute approximate surface area is 122 Å². The van der Waals surface area contributed by atoms with Crippen LogP contribution in [0.25, 0.3) is 0 Å². The number of thiazole rings is 1. The molecule has 0 aliphatic carbocycles. The molecule has 6 heteroatoms. The molecule has 5 nitrogen and oxygen atoms in total. The predicted octanol–water partition coefficient (Wildman–Crippen LogP) is 1.69. The van der Waals surface area contributed by atoms with E-state index in [1.54, 1.807) is 17.4 Å². The van der Waals surface area contributed by atoms with Crippen molar-refractivity contribution in [2.45, 2.75) is 20.0 Å². The normalized spacial score (nSPS) is 10.8. The van der Waals surface area contributed by atoms with Crippen molar-refractivity contribution in [2.75, 3.05) is 7.05 Å². The van der Waals surface area contributed by atoms with Crippen LogP contribution in [0.1, 0.15) is 26.5 Å². The van der Waals surface area contributed by atoms with Gasteiger partial charge in [0, 0.05) is 23.5 Å². The number of aryl methyl sites for hydroxylation is 1. The first-order chi connectivity index (χ1) is 9.60. The van der Waals surface area contributed by atoms with Crippen LogP contribution >= 0.6 is 11.3 Å². The number of aromatic nitrogens is 1. The van der Waals surface area contributed by atoms with Crippen LogP contribution in [0, 0.1) is 6.92 Å². The van der Waals surface area contributed by atoms with E-state index in [1.807, 2.05) is 30.6 Å². The van der Waals surface area contributed by atoms with Gasteiger partial charge in [-0.25, -0.2) is 10.8 Å². The van der Waals surface area contributed by atoms with E-state index in [9.17, 15) is 4.79 Å². The third-order valence-corrected chi connectivity index (χ3v) is 3.95. The maximum Gasteiger partial charge on any atom is 0.265 e. The molecule has 0 unspecified atom stereocenters. The van der Waals surface area contributed by atoms with Crippen molar-refractivity contribution in [3.05, 3.63) is 51.5 Å². The number of nitrogens with zero attached hydrogens (tertiary/aromatic N) is 2. The van der Waals surface area contributed by atoms with Gasteiger partial charge in [0.2, 0.25) is 0 Å². The second kappa shape index (κ2) is 6.60. The molecule has 0 saturated heterocycles. The summed E-state index contributed by atoms with van der Waals surface area (Å²) in [7, 11) is 2.05. The zero-order valence-electron chi connectivity index (χ0n) is 11.6. The molecule has 2 rings (SSSR count). The third-order valence-electron chi connectivity index (χ3n) is 3.03. The molecule has 1 aromatic heterocycles. The maximum atomic E-state index is 11.5. The summed E-state index contributed by atoms with van der Waals surface area (Å²) in [6.07, 6.45) is 0. The van der Waals surface area contributed by atoms with E-state index < -0.39 is 0 Å². The van der Waals surface area contributed by atoms with Crippen LogP contribution in [0.4, 0.5) is 0 Å². The standard InChI is InChI=1S/C14H18N4OS/c1-10-13(20-9-16-10)8-18(2)7-11-4-3-5-12(6-11)14(19)17-15/h3-6,9H,7-8,15H2,1-2H3,(H,17,19). The van der Waals surface area contributed by atoms with Gasteiger partial charge in [0.05, 0.1) is 11.2 Å². The topological polar surface area (TPSA) is 71.2 Å². The van der Waals surface area contributed by atoms with Gasteiger partial charge in [-0.2, -0.15) is 0 Å². The first-order valence-corrected chi connectivity index (χ1v) is 7.15. The third kappa shape index (κ3) is 3.63. The van der Waals surface area contributed by atoms with Crippen LogP contribution in [0.5, 0.6) is 0 Å². The number of carbonyl (C=O) groups excluding carboxylic acids is 1. The first kappa shape index (κ1) is 14.6. The highest BCUT2D eigenvalue weighted by atomic mass is 32.1. The lowest BCUT2D eigenvalue weighted by Gasteiger charge is -2.16. The summed E-state index contributed by atoms with van der Waals surface area (Å²) in [4.78, 5) is 19.2. The zero-order chi connectivity index (χ0) is 14.5. The Morgan fingerprint density at radius 2 is 2.25 bits per heavy atom. The lowest BCUT2D eigenvalue weighted by molar-refractivity contribution is 0.0953. The Balaban J connectivity index is 2.02. The molecular formula is C14H18N4OS.